The predicted octanol–water partition coefficient (Wildman–Crippen LogP) is 2.52. The highest BCUT2D eigenvalue weighted by Gasteiger charge is 2.15. The number of hydrogen-bond acceptors (Lipinski definition) is 5. The number of aromatic nitrogens is 5. The highest BCUT2D eigenvalue weighted by Crippen LogP contribution is 2.15. The lowest BCUT2D eigenvalue weighted by Crippen LogP contribution is -2.28. The second-order valence-electron chi connectivity index (χ2n) is 6.93. The maximum Gasteiger partial charge on any atom is 0.283 e. The summed E-state index contributed by atoms with van der Waals surface area (Å²) in [4.78, 5) is 29.3. The molecule has 2 aromatic carbocycles. The summed E-state index contributed by atoms with van der Waals surface area (Å²) in [6.07, 6.45) is 1.98. The van der Waals surface area contributed by atoms with Gasteiger partial charge in [0.25, 0.3) is 5.56 Å². The van der Waals surface area contributed by atoms with Crippen molar-refractivity contribution in [3.05, 3.63) is 81.9 Å². The van der Waals surface area contributed by atoms with Crippen LogP contribution in [0.25, 0.3) is 11.2 Å². The summed E-state index contributed by atoms with van der Waals surface area (Å²) in [5.74, 6) is -1.82. The van der Waals surface area contributed by atoms with Crippen LogP contribution < -0.4 is 10.9 Å². The molecule has 0 spiro atoms. The third-order valence-electron chi connectivity index (χ3n) is 4.73. The van der Waals surface area contributed by atoms with Crippen molar-refractivity contribution < 1.29 is 13.6 Å². The molecule has 0 aliphatic heterocycles. The van der Waals surface area contributed by atoms with Crippen LogP contribution in [0.3, 0.4) is 0 Å². The number of carbonyl (C=O) groups is 1. The molecule has 0 unspecified atom stereocenters. The van der Waals surface area contributed by atoms with Gasteiger partial charge in [-0.2, -0.15) is 0 Å². The highest BCUT2D eigenvalue weighted by atomic mass is 19.1. The first-order valence-electron chi connectivity index (χ1n) is 9.56. The van der Waals surface area contributed by atoms with Gasteiger partial charge in [0, 0.05) is 11.8 Å². The van der Waals surface area contributed by atoms with Crippen molar-refractivity contribution in [1.29, 1.82) is 0 Å². The molecule has 0 saturated heterocycles. The molecule has 0 atom stereocenters. The van der Waals surface area contributed by atoms with E-state index in [1.54, 1.807) is 6.07 Å². The van der Waals surface area contributed by atoms with Gasteiger partial charge in [-0.3, -0.25) is 14.2 Å². The van der Waals surface area contributed by atoms with Gasteiger partial charge < -0.3 is 5.32 Å². The molecular formula is C21H18F2N6O2. The fourth-order valence-corrected chi connectivity index (χ4v) is 3.28. The Labute approximate surface area is 175 Å². The topological polar surface area (TPSA) is 94.7 Å². The number of hydrogen-bond donors (Lipinski definition) is 1. The first-order chi connectivity index (χ1) is 14.9. The lowest BCUT2D eigenvalue weighted by molar-refractivity contribution is -0.116. The number of amides is 1. The third-order valence-corrected chi connectivity index (χ3v) is 4.73. The second-order valence-corrected chi connectivity index (χ2v) is 6.93. The van der Waals surface area contributed by atoms with Crippen molar-refractivity contribution in [3.8, 4) is 0 Å². The average Bonchev–Trinajstić information content (AvgIpc) is 3.13. The van der Waals surface area contributed by atoms with Crippen LogP contribution in [0.5, 0.6) is 0 Å². The maximum absolute atomic E-state index is 13.4. The lowest BCUT2D eigenvalue weighted by Gasteiger charge is -2.10. The third kappa shape index (κ3) is 4.32. The zero-order chi connectivity index (χ0) is 22.0. The minimum Gasteiger partial charge on any atom is -0.324 e. The summed E-state index contributed by atoms with van der Waals surface area (Å²) in [6.45, 7) is 1.71. The van der Waals surface area contributed by atoms with Crippen molar-refractivity contribution in [3.63, 3.8) is 0 Å². The molecule has 0 aliphatic carbocycles. The zero-order valence-corrected chi connectivity index (χ0v) is 16.5. The number of halogens is 2. The minimum absolute atomic E-state index is 0.0179. The summed E-state index contributed by atoms with van der Waals surface area (Å²) in [6, 6.07) is 10.5. The van der Waals surface area contributed by atoms with Gasteiger partial charge in [0.2, 0.25) is 5.91 Å². The van der Waals surface area contributed by atoms with E-state index in [1.807, 2.05) is 25.1 Å². The first kappa shape index (κ1) is 20.3. The molecule has 1 N–H and O–H groups in total. The molecule has 2 aromatic heterocycles. The molecule has 0 aliphatic rings. The summed E-state index contributed by atoms with van der Waals surface area (Å²) >= 11 is 0. The van der Waals surface area contributed by atoms with E-state index in [0.717, 1.165) is 34.8 Å². The lowest BCUT2D eigenvalue weighted by atomic mass is 10.1. The number of para-hydroxylation sites is 1. The number of benzene rings is 2. The quantitative estimate of drug-likeness (QED) is 0.513. The molecule has 2 heterocycles. The predicted molar refractivity (Wildman–Crippen MR) is 109 cm³/mol. The molecular weight excluding hydrogens is 406 g/mol. The van der Waals surface area contributed by atoms with Crippen molar-refractivity contribution in [2.45, 2.75) is 26.4 Å². The van der Waals surface area contributed by atoms with Crippen molar-refractivity contribution in [2.75, 3.05) is 5.32 Å². The van der Waals surface area contributed by atoms with Gasteiger partial charge in [-0.1, -0.05) is 30.3 Å². The monoisotopic (exact) mass is 424 g/mol. The molecule has 0 fully saturated rings. The van der Waals surface area contributed by atoms with Crippen molar-refractivity contribution >= 4 is 22.8 Å². The number of fused-ring (bicyclic) bond motifs is 1. The molecule has 4 rings (SSSR count). The van der Waals surface area contributed by atoms with Crippen LogP contribution in [0.2, 0.25) is 0 Å². The van der Waals surface area contributed by atoms with Gasteiger partial charge in [-0.15, -0.1) is 5.10 Å². The van der Waals surface area contributed by atoms with Crippen LogP contribution in [0.15, 0.2) is 53.6 Å². The molecule has 4 aromatic rings. The van der Waals surface area contributed by atoms with E-state index in [4.69, 9.17) is 0 Å². The van der Waals surface area contributed by atoms with Gasteiger partial charge in [-0.25, -0.2) is 18.4 Å². The van der Waals surface area contributed by atoms with Crippen LogP contribution in [-0.2, 0) is 24.3 Å². The van der Waals surface area contributed by atoms with Crippen LogP contribution in [0, 0.1) is 11.6 Å². The van der Waals surface area contributed by atoms with Gasteiger partial charge in [-0.05, 0) is 35.7 Å². The Balaban J connectivity index is 1.56. The van der Waals surface area contributed by atoms with E-state index in [1.165, 1.54) is 11.0 Å². The largest absolute Gasteiger partial charge is 0.324 e. The smallest absolute Gasteiger partial charge is 0.283 e. The molecule has 1 amide bonds. The molecule has 158 valence electrons. The average molecular weight is 424 g/mol. The summed E-state index contributed by atoms with van der Waals surface area (Å²) in [7, 11) is 0. The highest BCUT2D eigenvalue weighted by molar-refractivity contribution is 5.91. The van der Waals surface area contributed by atoms with Crippen LogP contribution in [-0.4, -0.2) is 30.5 Å². The van der Waals surface area contributed by atoms with Crippen LogP contribution in [0.4, 0.5) is 14.5 Å². The summed E-state index contributed by atoms with van der Waals surface area (Å²) in [5.41, 5.74) is 1.55. The van der Waals surface area contributed by atoms with E-state index in [-0.39, 0.29) is 30.2 Å². The number of carbonyl (C=O) groups excluding carboxylic acids is 1. The summed E-state index contributed by atoms with van der Waals surface area (Å²) < 4.78 is 29.2. The Morgan fingerprint density at radius 2 is 1.87 bits per heavy atom. The number of aryl methyl sites for hydroxylation is 1. The second kappa shape index (κ2) is 8.42. The molecule has 0 radical (unpaired) electrons. The Kier molecular flexibility index (Phi) is 5.52. The Morgan fingerprint density at radius 1 is 1.13 bits per heavy atom. The van der Waals surface area contributed by atoms with E-state index < -0.39 is 17.2 Å². The number of nitrogens with zero attached hydrogens (tertiary/aromatic N) is 5. The van der Waals surface area contributed by atoms with Gasteiger partial charge in [0.15, 0.2) is 11.2 Å². The Morgan fingerprint density at radius 3 is 2.61 bits per heavy atom. The fraction of sp³-hybridized carbons (Fsp3) is 0.190. The van der Waals surface area contributed by atoms with Crippen molar-refractivity contribution in [1.82, 2.24) is 24.5 Å². The number of nitrogens with one attached hydrogen (secondary N) is 1. The number of rotatable bonds is 6. The standard InChI is InChI=1S/C21H18F2N6O2/c1-2-14-5-3-4-6-17(14)25-18(30)11-28-12-24-20-19(21(28)31)26-27-29(20)10-13-7-15(22)9-16(23)8-13/h3-9,12H,2,10-11H2,1H3,(H,25,30). The minimum atomic E-state index is -0.717. The maximum atomic E-state index is 13.4. The van der Waals surface area contributed by atoms with Crippen LogP contribution in [0.1, 0.15) is 18.1 Å². The molecule has 0 saturated carbocycles. The Bertz CT molecular complexity index is 1310. The van der Waals surface area contributed by atoms with E-state index in [0.29, 0.717) is 11.3 Å². The van der Waals surface area contributed by atoms with E-state index in [2.05, 4.69) is 20.6 Å². The molecule has 0 bridgehead atoms. The normalized spacial score (nSPS) is 11.1. The van der Waals surface area contributed by atoms with Crippen LogP contribution >= 0.6 is 0 Å². The molecule has 31 heavy (non-hydrogen) atoms. The van der Waals surface area contributed by atoms with E-state index in [9.17, 15) is 18.4 Å². The van der Waals surface area contributed by atoms with Crippen molar-refractivity contribution in [2.24, 2.45) is 0 Å². The fourth-order valence-electron chi connectivity index (χ4n) is 3.28. The summed E-state index contributed by atoms with van der Waals surface area (Å²) in [5, 5.41) is 10.5. The molecule has 8 nitrogen and oxygen atoms in total. The van der Waals surface area contributed by atoms with E-state index >= 15 is 0 Å². The Hall–Kier alpha value is -3.95. The van der Waals surface area contributed by atoms with Gasteiger partial charge in [0.1, 0.15) is 24.5 Å². The number of anilines is 1. The first-order valence-corrected chi connectivity index (χ1v) is 9.56. The zero-order valence-electron chi connectivity index (χ0n) is 16.5. The van der Waals surface area contributed by atoms with Gasteiger partial charge >= 0.3 is 0 Å². The van der Waals surface area contributed by atoms with Gasteiger partial charge in [0.05, 0.1) is 6.54 Å². The molecule has 10 heteroatoms. The SMILES string of the molecule is CCc1ccccc1NC(=O)Cn1cnc2c(nnn2Cc2cc(F)cc(F)c2)c1=O.